The van der Waals surface area contributed by atoms with Crippen LogP contribution in [0.25, 0.3) is 0 Å². The fourth-order valence-electron chi connectivity index (χ4n) is 2.88. The van der Waals surface area contributed by atoms with Gasteiger partial charge in [0.25, 0.3) is 5.69 Å². The smallest absolute Gasteiger partial charge is 0.330 e. The zero-order valence-electron chi connectivity index (χ0n) is 15.6. The SMILES string of the molecule is CCOC(=O)/C=C/Cc1cc(C(=O)c2ccc([N+](=O)[O-])cc2)c(CC)n1C. The highest BCUT2D eigenvalue weighted by Crippen LogP contribution is 2.22. The highest BCUT2D eigenvalue weighted by Gasteiger charge is 2.19. The molecule has 0 aliphatic rings. The van der Waals surface area contributed by atoms with Crippen molar-refractivity contribution in [2.75, 3.05) is 6.61 Å². The van der Waals surface area contributed by atoms with E-state index in [1.54, 1.807) is 19.1 Å². The molecular formula is C20H22N2O5. The Labute approximate surface area is 157 Å². The number of rotatable bonds is 8. The second-order valence-corrected chi connectivity index (χ2v) is 5.90. The van der Waals surface area contributed by atoms with Crippen molar-refractivity contribution < 1.29 is 19.2 Å². The van der Waals surface area contributed by atoms with Crippen LogP contribution in [-0.2, 0) is 29.4 Å². The fourth-order valence-corrected chi connectivity index (χ4v) is 2.88. The number of carbonyl (C=O) groups excluding carboxylic acids is 2. The minimum Gasteiger partial charge on any atom is -0.463 e. The minimum absolute atomic E-state index is 0.0554. The number of esters is 1. The molecule has 1 aromatic heterocycles. The standard InChI is InChI=1S/C20H22N2O5/c1-4-18-17(20(24)14-9-11-15(12-10-14)22(25)26)13-16(21(18)3)7-6-8-19(23)27-5-2/h6,8-13H,4-5,7H2,1-3H3/b8-6+. The quantitative estimate of drug-likeness (QED) is 0.233. The molecule has 1 aromatic carbocycles. The molecule has 7 heteroatoms. The normalized spacial score (nSPS) is 10.9. The first kappa shape index (κ1) is 20.1. The molecule has 0 unspecified atom stereocenters. The number of nitro benzene ring substituents is 1. The first-order valence-corrected chi connectivity index (χ1v) is 8.68. The number of benzene rings is 1. The Morgan fingerprint density at radius 1 is 1.22 bits per heavy atom. The summed E-state index contributed by atoms with van der Waals surface area (Å²) in [6.07, 6.45) is 4.22. The predicted molar refractivity (Wildman–Crippen MR) is 101 cm³/mol. The summed E-state index contributed by atoms with van der Waals surface area (Å²) in [5, 5.41) is 10.8. The lowest BCUT2D eigenvalue weighted by molar-refractivity contribution is -0.384. The van der Waals surface area contributed by atoms with Crippen LogP contribution >= 0.6 is 0 Å². The van der Waals surface area contributed by atoms with Crippen LogP contribution in [-0.4, -0.2) is 27.8 Å². The van der Waals surface area contributed by atoms with E-state index in [-0.39, 0.29) is 11.5 Å². The van der Waals surface area contributed by atoms with Gasteiger partial charge in [0, 0.05) is 54.2 Å². The van der Waals surface area contributed by atoms with Crippen molar-refractivity contribution in [3.8, 4) is 0 Å². The van der Waals surface area contributed by atoms with E-state index in [0.717, 1.165) is 11.4 Å². The molecule has 0 bridgehead atoms. The number of nitro groups is 1. The fraction of sp³-hybridized carbons (Fsp3) is 0.300. The van der Waals surface area contributed by atoms with Crippen LogP contribution in [0.5, 0.6) is 0 Å². The van der Waals surface area contributed by atoms with Gasteiger partial charge in [0.2, 0.25) is 0 Å². The predicted octanol–water partition coefficient (Wildman–Crippen LogP) is 3.39. The third-order valence-corrected chi connectivity index (χ3v) is 4.24. The summed E-state index contributed by atoms with van der Waals surface area (Å²) < 4.78 is 6.79. The van der Waals surface area contributed by atoms with Crippen LogP contribution in [0, 0.1) is 10.1 Å². The van der Waals surface area contributed by atoms with Crippen molar-refractivity contribution in [3.05, 3.63) is 75.1 Å². The maximum absolute atomic E-state index is 12.9. The summed E-state index contributed by atoms with van der Waals surface area (Å²) >= 11 is 0. The molecule has 0 amide bonds. The molecular weight excluding hydrogens is 348 g/mol. The minimum atomic E-state index is -0.498. The number of aromatic nitrogens is 1. The summed E-state index contributed by atoms with van der Waals surface area (Å²) in [6, 6.07) is 7.38. The molecule has 142 valence electrons. The van der Waals surface area contributed by atoms with Crippen molar-refractivity contribution in [1.29, 1.82) is 0 Å². The molecule has 0 fully saturated rings. The van der Waals surface area contributed by atoms with Crippen LogP contribution < -0.4 is 0 Å². The monoisotopic (exact) mass is 370 g/mol. The first-order chi connectivity index (χ1) is 12.9. The van der Waals surface area contributed by atoms with E-state index in [9.17, 15) is 19.7 Å². The number of hydrogen-bond donors (Lipinski definition) is 0. The van der Waals surface area contributed by atoms with Gasteiger partial charge in [-0.3, -0.25) is 14.9 Å². The summed E-state index contributed by atoms with van der Waals surface area (Å²) in [4.78, 5) is 34.5. The van der Waals surface area contributed by atoms with Crippen molar-refractivity contribution >= 4 is 17.4 Å². The van der Waals surface area contributed by atoms with Gasteiger partial charge in [-0.15, -0.1) is 0 Å². The van der Waals surface area contributed by atoms with Crippen LogP contribution in [0.1, 0.15) is 41.2 Å². The van der Waals surface area contributed by atoms with Crippen molar-refractivity contribution in [2.24, 2.45) is 7.05 Å². The van der Waals surface area contributed by atoms with Crippen LogP contribution in [0.15, 0.2) is 42.5 Å². The van der Waals surface area contributed by atoms with Crippen molar-refractivity contribution in [3.63, 3.8) is 0 Å². The number of ketones is 1. The molecule has 2 rings (SSSR count). The van der Waals surface area contributed by atoms with E-state index in [1.807, 2.05) is 18.5 Å². The Kier molecular flexibility index (Phi) is 6.65. The Morgan fingerprint density at radius 3 is 2.44 bits per heavy atom. The zero-order chi connectivity index (χ0) is 20.0. The summed E-state index contributed by atoms with van der Waals surface area (Å²) in [7, 11) is 1.87. The molecule has 0 aliphatic heterocycles. The van der Waals surface area contributed by atoms with E-state index >= 15 is 0 Å². The Balaban J connectivity index is 2.27. The van der Waals surface area contributed by atoms with Gasteiger partial charge in [-0.1, -0.05) is 13.0 Å². The topological polar surface area (TPSA) is 91.4 Å². The average molecular weight is 370 g/mol. The van der Waals surface area contributed by atoms with E-state index in [2.05, 4.69) is 0 Å². The van der Waals surface area contributed by atoms with E-state index in [0.29, 0.717) is 30.6 Å². The number of nitrogens with zero attached hydrogens (tertiary/aromatic N) is 2. The molecule has 0 N–H and O–H groups in total. The molecule has 0 aliphatic carbocycles. The molecule has 0 saturated carbocycles. The molecule has 27 heavy (non-hydrogen) atoms. The third kappa shape index (κ3) is 4.69. The van der Waals surface area contributed by atoms with Gasteiger partial charge < -0.3 is 9.30 Å². The highest BCUT2D eigenvalue weighted by atomic mass is 16.6. The van der Waals surface area contributed by atoms with Gasteiger partial charge in [-0.05, 0) is 31.5 Å². The number of hydrogen-bond acceptors (Lipinski definition) is 5. The number of carbonyl (C=O) groups is 2. The second-order valence-electron chi connectivity index (χ2n) is 5.90. The molecule has 1 heterocycles. The second kappa shape index (κ2) is 8.93. The first-order valence-electron chi connectivity index (χ1n) is 8.68. The lowest BCUT2D eigenvalue weighted by atomic mass is 10.0. The van der Waals surface area contributed by atoms with Gasteiger partial charge in [0.05, 0.1) is 11.5 Å². The average Bonchev–Trinajstić information content (AvgIpc) is 2.97. The molecule has 7 nitrogen and oxygen atoms in total. The highest BCUT2D eigenvalue weighted by molar-refractivity contribution is 6.10. The third-order valence-electron chi connectivity index (χ3n) is 4.24. The van der Waals surface area contributed by atoms with Crippen LogP contribution in [0.2, 0.25) is 0 Å². The van der Waals surface area contributed by atoms with Gasteiger partial charge in [0.15, 0.2) is 5.78 Å². The molecule has 0 atom stereocenters. The Hall–Kier alpha value is -3.22. The van der Waals surface area contributed by atoms with Crippen LogP contribution in [0.3, 0.4) is 0 Å². The van der Waals surface area contributed by atoms with Gasteiger partial charge in [0.1, 0.15) is 0 Å². The number of ether oxygens (including phenoxy) is 1. The Morgan fingerprint density at radius 2 is 1.89 bits per heavy atom. The van der Waals surface area contributed by atoms with E-state index in [4.69, 9.17) is 4.74 Å². The lowest BCUT2D eigenvalue weighted by Gasteiger charge is -2.06. The molecule has 0 saturated heterocycles. The maximum atomic E-state index is 12.9. The molecule has 0 spiro atoms. The number of non-ortho nitro benzene ring substituents is 1. The van der Waals surface area contributed by atoms with Crippen LogP contribution in [0.4, 0.5) is 5.69 Å². The van der Waals surface area contributed by atoms with E-state index < -0.39 is 10.9 Å². The lowest BCUT2D eigenvalue weighted by Crippen LogP contribution is -2.06. The number of allylic oxidation sites excluding steroid dienone is 1. The molecule has 2 aromatic rings. The van der Waals surface area contributed by atoms with Gasteiger partial charge in [-0.2, -0.15) is 0 Å². The van der Waals surface area contributed by atoms with Gasteiger partial charge in [-0.25, -0.2) is 4.79 Å². The van der Waals surface area contributed by atoms with Gasteiger partial charge >= 0.3 is 5.97 Å². The summed E-state index contributed by atoms with van der Waals surface area (Å²) in [6.45, 7) is 4.02. The van der Waals surface area contributed by atoms with Crippen molar-refractivity contribution in [1.82, 2.24) is 4.57 Å². The van der Waals surface area contributed by atoms with Crippen molar-refractivity contribution in [2.45, 2.75) is 26.7 Å². The summed E-state index contributed by atoms with van der Waals surface area (Å²) in [5.74, 6) is -0.581. The zero-order valence-corrected chi connectivity index (χ0v) is 15.6. The maximum Gasteiger partial charge on any atom is 0.330 e. The largest absolute Gasteiger partial charge is 0.463 e. The summed E-state index contributed by atoms with van der Waals surface area (Å²) in [5.41, 5.74) is 2.67. The van der Waals surface area contributed by atoms with E-state index in [1.165, 1.54) is 30.3 Å². The Bertz CT molecular complexity index is 879. The molecule has 0 radical (unpaired) electrons.